The van der Waals surface area contributed by atoms with Crippen molar-refractivity contribution in [2.45, 2.75) is 37.5 Å². The third-order valence-electron chi connectivity index (χ3n) is 8.64. The number of carbonyl (C=O) groups excluding carboxylic acids is 2. The molecule has 2 aromatic heterocycles. The van der Waals surface area contributed by atoms with Gasteiger partial charge in [0.15, 0.2) is 12.4 Å². The summed E-state index contributed by atoms with van der Waals surface area (Å²) in [6.45, 7) is 1.82. The van der Waals surface area contributed by atoms with E-state index in [1.807, 2.05) is 60.7 Å². The number of rotatable bonds is 4. The van der Waals surface area contributed by atoms with Gasteiger partial charge in [-0.25, -0.2) is 19.4 Å². The maximum absolute atomic E-state index is 13.5. The van der Waals surface area contributed by atoms with E-state index in [-0.39, 0.29) is 37.0 Å². The van der Waals surface area contributed by atoms with Gasteiger partial charge in [0, 0.05) is 24.0 Å². The van der Waals surface area contributed by atoms with Crippen LogP contribution >= 0.6 is 0 Å². The van der Waals surface area contributed by atoms with E-state index in [9.17, 15) is 19.5 Å². The highest BCUT2D eigenvalue weighted by Gasteiger charge is 2.60. The van der Waals surface area contributed by atoms with Gasteiger partial charge >= 0.3 is 5.69 Å². The Hall–Kier alpha value is -5.35. The van der Waals surface area contributed by atoms with Gasteiger partial charge in [-0.1, -0.05) is 66.7 Å². The number of amides is 2. The Morgan fingerprint density at radius 1 is 0.837 bits per heavy atom. The number of nitrogens with zero attached hydrogens (tertiary/aromatic N) is 4. The SMILES string of the molecule is CC1(O)CC(c2ccc(-c3nc4c(cc3-c3ccccc3)-n3c(n[nH]c3=O)CO4)cc2)(N2C(=O)c3ccccc3C2=O)C1. The highest BCUT2D eigenvalue weighted by Crippen LogP contribution is 2.54. The second kappa shape index (κ2) is 8.83. The van der Waals surface area contributed by atoms with Crippen molar-refractivity contribution in [1.29, 1.82) is 0 Å². The topological polar surface area (TPSA) is 130 Å². The predicted octanol–water partition coefficient (Wildman–Crippen LogP) is 4.22. The van der Waals surface area contributed by atoms with Gasteiger partial charge in [-0.05, 0) is 36.2 Å². The zero-order valence-electron chi connectivity index (χ0n) is 23.1. The molecule has 212 valence electrons. The first-order valence-corrected chi connectivity index (χ1v) is 14.0. The van der Waals surface area contributed by atoms with Crippen molar-refractivity contribution in [2.75, 3.05) is 0 Å². The molecular weight excluding hydrogens is 546 g/mol. The van der Waals surface area contributed by atoms with Crippen molar-refractivity contribution < 1.29 is 19.4 Å². The number of aliphatic hydroxyl groups is 1. The quantitative estimate of drug-likeness (QED) is 0.309. The van der Waals surface area contributed by atoms with Crippen molar-refractivity contribution in [2.24, 2.45) is 0 Å². The molecule has 0 spiro atoms. The lowest BCUT2D eigenvalue weighted by atomic mass is 9.61. The standard InChI is InChI=1S/C33H25N5O5/c1-32(42)17-33(18-32,38-29(39)22-9-5-6-10-23(22)30(38)40)21-13-11-20(12-14-21)27-24(19-7-3-2-4-8-19)15-25-28(34-27)43-16-26-35-36-31(41)37(25)26/h2-15,42H,16-18H2,1H3,(H,36,41). The normalized spacial score (nSPS) is 22.0. The summed E-state index contributed by atoms with van der Waals surface area (Å²) in [5, 5.41) is 17.4. The molecule has 3 aliphatic rings. The van der Waals surface area contributed by atoms with Crippen molar-refractivity contribution in [3.05, 3.63) is 118 Å². The maximum atomic E-state index is 13.5. The van der Waals surface area contributed by atoms with Gasteiger partial charge in [0.25, 0.3) is 11.8 Å². The van der Waals surface area contributed by atoms with E-state index in [0.29, 0.717) is 34.2 Å². The summed E-state index contributed by atoms with van der Waals surface area (Å²) < 4.78 is 7.37. The molecule has 3 aromatic carbocycles. The smallest absolute Gasteiger partial charge is 0.348 e. The van der Waals surface area contributed by atoms with E-state index in [1.165, 1.54) is 9.47 Å². The fraction of sp³-hybridized carbons (Fsp3) is 0.182. The van der Waals surface area contributed by atoms with Crippen molar-refractivity contribution in [1.82, 2.24) is 24.6 Å². The molecule has 8 rings (SSSR count). The number of hydrogen-bond donors (Lipinski definition) is 2. The molecule has 0 saturated heterocycles. The number of ether oxygens (including phenoxy) is 1. The van der Waals surface area contributed by atoms with Crippen LogP contribution in [0.25, 0.3) is 28.1 Å². The Balaban J connectivity index is 1.24. The van der Waals surface area contributed by atoms with E-state index < -0.39 is 11.1 Å². The van der Waals surface area contributed by atoms with E-state index in [4.69, 9.17) is 9.72 Å². The number of fused-ring (bicyclic) bond motifs is 4. The van der Waals surface area contributed by atoms with Crippen molar-refractivity contribution in [3.63, 3.8) is 0 Å². The highest BCUT2D eigenvalue weighted by molar-refractivity contribution is 6.22. The largest absolute Gasteiger partial charge is 0.468 e. The third-order valence-corrected chi connectivity index (χ3v) is 8.64. The molecule has 0 atom stereocenters. The molecular formula is C33H25N5O5. The van der Waals surface area contributed by atoms with E-state index in [1.54, 1.807) is 31.2 Å². The highest BCUT2D eigenvalue weighted by atomic mass is 16.5. The van der Waals surface area contributed by atoms with Gasteiger partial charge in [0.2, 0.25) is 5.88 Å². The van der Waals surface area contributed by atoms with Crippen LogP contribution in [0.15, 0.2) is 89.7 Å². The lowest BCUT2D eigenvalue weighted by molar-refractivity contribution is -0.118. The second-order valence-electron chi connectivity index (χ2n) is 11.6. The molecule has 5 aromatic rings. The van der Waals surface area contributed by atoms with Gasteiger partial charge in [-0.15, -0.1) is 0 Å². The average molecular weight is 572 g/mol. The fourth-order valence-corrected chi connectivity index (χ4v) is 6.83. The molecule has 1 aliphatic carbocycles. The van der Waals surface area contributed by atoms with Crippen LogP contribution in [0.1, 0.15) is 51.9 Å². The van der Waals surface area contributed by atoms with Crippen LogP contribution in [0.2, 0.25) is 0 Å². The monoisotopic (exact) mass is 571 g/mol. The summed E-state index contributed by atoms with van der Waals surface area (Å²) in [6, 6.07) is 26.0. The van der Waals surface area contributed by atoms with Gasteiger partial charge in [0.1, 0.15) is 5.69 Å². The zero-order valence-corrected chi connectivity index (χ0v) is 23.1. The Bertz CT molecular complexity index is 1980. The Kier molecular flexibility index (Phi) is 5.21. The fourth-order valence-electron chi connectivity index (χ4n) is 6.83. The number of nitrogens with one attached hydrogen (secondary N) is 1. The number of benzene rings is 3. The molecule has 10 heteroatoms. The number of carbonyl (C=O) groups is 2. The first-order chi connectivity index (χ1) is 20.8. The molecule has 43 heavy (non-hydrogen) atoms. The minimum Gasteiger partial charge on any atom is -0.468 e. The van der Waals surface area contributed by atoms with Gasteiger partial charge in [-0.3, -0.25) is 14.5 Å². The van der Waals surface area contributed by atoms with Crippen LogP contribution in [0.4, 0.5) is 0 Å². The Morgan fingerprint density at radius 3 is 2.14 bits per heavy atom. The summed E-state index contributed by atoms with van der Waals surface area (Å²) >= 11 is 0. The molecule has 0 radical (unpaired) electrons. The Morgan fingerprint density at radius 2 is 1.49 bits per heavy atom. The van der Waals surface area contributed by atoms with Crippen LogP contribution in [0.3, 0.4) is 0 Å². The summed E-state index contributed by atoms with van der Waals surface area (Å²) in [5.74, 6) is 0.0698. The van der Waals surface area contributed by atoms with Crippen molar-refractivity contribution in [3.8, 4) is 34.0 Å². The zero-order chi connectivity index (χ0) is 29.5. The van der Waals surface area contributed by atoms with Crippen LogP contribution in [-0.2, 0) is 12.1 Å². The third kappa shape index (κ3) is 3.66. The predicted molar refractivity (Wildman–Crippen MR) is 156 cm³/mol. The van der Waals surface area contributed by atoms with E-state index in [2.05, 4.69) is 10.2 Å². The van der Waals surface area contributed by atoms with Gasteiger partial charge in [-0.2, -0.15) is 5.10 Å². The van der Waals surface area contributed by atoms with Crippen molar-refractivity contribution >= 4 is 11.8 Å². The average Bonchev–Trinajstić information content (AvgIpc) is 3.52. The van der Waals surface area contributed by atoms with Crippen LogP contribution in [0, 0.1) is 0 Å². The first kappa shape index (κ1) is 25.4. The summed E-state index contributed by atoms with van der Waals surface area (Å²) in [5.41, 5.74) is 2.75. The Labute approximate surface area is 245 Å². The van der Waals surface area contributed by atoms with Crippen LogP contribution < -0.4 is 10.4 Å². The summed E-state index contributed by atoms with van der Waals surface area (Å²) in [4.78, 5) is 45.8. The van der Waals surface area contributed by atoms with Gasteiger partial charge < -0.3 is 9.84 Å². The molecule has 0 unspecified atom stereocenters. The van der Waals surface area contributed by atoms with E-state index >= 15 is 0 Å². The summed E-state index contributed by atoms with van der Waals surface area (Å²) in [6.07, 6.45) is 0.458. The van der Waals surface area contributed by atoms with Gasteiger partial charge in [0.05, 0.1) is 28.0 Å². The summed E-state index contributed by atoms with van der Waals surface area (Å²) in [7, 11) is 0. The molecule has 2 aliphatic heterocycles. The minimum absolute atomic E-state index is 0.102. The molecule has 1 saturated carbocycles. The number of imide groups is 1. The second-order valence-corrected chi connectivity index (χ2v) is 11.6. The molecule has 10 nitrogen and oxygen atoms in total. The molecule has 2 amide bonds. The lowest BCUT2D eigenvalue weighted by Crippen LogP contribution is -2.63. The number of H-pyrrole nitrogens is 1. The molecule has 4 heterocycles. The van der Waals surface area contributed by atoms with Crippen LogP contribution in [0.5, 0.6) is 5.88 Å². The first-order valence-electron chi connectivity index (χ1n) is 14.0. The maximum Gasteiger partial charge on any atom is 0.348 e. The molecule has 2 N–H and O–H groups in total. The van der Waals surface area contributed by atoms with E-state index in [0.717, 1.165) is 22.3 Å². The number of aromatic amines is 1. The number of hydrogen-bond acceptors (Lipinski definition) is 7. The number of pyridine rings is 1. The molecule has 1 fully saturated rings. The minimum atomic E-state index is -1.02. The number of aromatic nitrogens is 4. The molecule has 0 bridgehead atoms. The van der Waals surface area contributed by atoms with Crippen LogP contribution in [-0.4, -0.2) is 47.2 Å². The lowest BCUT2D eigenvalue weighted by Gasteiger charge is -2.55.